The standard InChI is InChI=1S/C23H25BrN2O5S2/c24-19-5-6-21(32-19)33(29,30)26-18-4-2-1-3-17(18)22(28)31-13-20(27)25-23-10-14-7-15(11-23)9-16(8-14)12-23/h1-6,14-16,26H,7-13H2,(H,25,27). The Labute approximate surface area is 205 Å². The predicted molar refractivity (Wildman–Crippen MR) is 129 cm³/mol. The number of rotatable bonds is 7. The Morgan fingerprint density at radius 2 is 1.67 bits per heavy atom. The molecule has 4 bridgehead atoms. The first kappa shape index (κ1) is 22.9. The number of para-hydroxylation sites is 1. The molecule has 1 aromatic carbocycles. The van der Waals surface area contributed by atoms with Gasteiger partial charge in [0.2, 0.25) is 0 Å². The van der Waals surface area contributed by atoms with E-state index in [4.69, 9.17) is 4.74 Å². The highest BCUT2D eigenvalue weighted by Gasteiger charge is 2.51. The summed E-state index contributed by atoms with van der Waals surface area (Å²) in [5.41, 5.74) is 0.00799. The van der Waals surface area contributed by atoms with Crippen LogP contribution in [0.1, 0.15) is 48.9 Å². The molecule has 1 aromatic heterocycles. The molecule has 2 N–H and O–H groups in total. The van der Waals surface area contributed by atoms with Crippen LogP contribution in [0.15, 0.2) is 44.4 Å². The molecule has 1 heterocycles. The van der Waals surface area contributed by atoms with Gasteiger partial charge in [-0.1, -0.05) is 12.1 Å². The molecule has 0 saturated heterocycles. The summed E-state index contributed by atoms with van der Waals surface area (Å²) in [6.07, 6.45) is 6.88. The molecule has 33 heavy (non-hydrogen) atoms. The summed E-state index contributed by atoms with van der Waals surface area (Å²) >= 11 is 4.32. The van der Waals surface area contributed by atoms with E-state index in [1.807, 2.05) is 0 Å². The lowest BCUT2D eigenvalue weighted by Gasteiger charge is -2.56. The fraction of sp³-hybridized carbons (Fsp3) is 0.478. The molecule has 7 nitrogen and oxygen atoms in total. The van der Waals surface area contributed by atoms with E-state index in [9.17, 15) is 18.0 Å². The van der Waals surface area contributed by atoms with Crippen LogP contribution in [0.2, 0.25) is 0 Å². The smallest absolute Gasteiger partial charge is 0.340 e. The number of ether oxygens (including phenoxy) is 1. The van der Waals surface area contributed by atoms with Gasteiger partial charge in [0.1, 0.15) is 4.21 Å². The van der Waals surface area contributed by atoms with Crippen LogP contribution in [0.25, 0.3) is 0 Å². The Balaban J connectivity index is 1.22. The minimum Gasteiger partial charge on any atom is -0.452 e. The van der Waals surface area contributed by atoms with Crippen LogP contribution in [0, 0.1) is 17.8 Å². The number of esters is 1. The van der Waals surface area contributed by atoms with E-state index in [1.165, 1.54) is 37.5 Å². The normalized spacial score (nSPS) is 27.8. The molecule has 4 fully saturated rings. The molecule has 1 amide bonds. The van der Waals surface area contributed by atoms with Gasteiger partial charge in [-0.05, 0) is 96.5 Å². The minimum atomic E-state index is -3.86. The van der Waals surface area contributed by atoms with Crippen molar-refractivity contribution >= 4 is 54.9 Å². The Morgan fingerprint density at radius 3 is 2.27 bits per heavy atom. The fourth-order valence-electron chi connectivity index (χ4n) is 6.19. The zero-order chi connectivity index (χ0) is 23.2. The number of hydrogen-bond acceptors (Lipinski definition) is 6. The second-order valence-electron chi connectivity index (χ2n) is 9.53. The third kappa shape index (κ3) is 4.83. The van der Waals surface area contributed by atoms with Gasteiger partial charge in [0.15, 0.2) is 6.61 Å². The third-order valence-corrected chi connectivity index (χ3v) is 10.5. The number of benzene rings is 1. The van der Waals surface area contributed by atoms with E-state index >= 15 is 0 Å². The van der Waals surface area contributed by atoms with Crippen molar-refractivity contribution in [1.29, 1.82) is 0 Å². The highest BCUT2D eigenvalue weighted by Crippen LogP contribution is 2.55. The van der Waals surface area contributed by atoms with Gasteiger partial charge >= 0.3 is 5.97 Å². The van der Waals surface area contributed by atoms with Gasteiger partial charge in [-0.2, -0.15) is 0 Å². The SMILES string of the molecule is O=C(COC(=O)c1ccccc1NS(=O)(=O)c1ccc(Br)s1)NC12CC3CC(CC(C3)C1)C2. The quantitative estimate of drug-likeness (QED) is 0.490. The van der Waals surface area contributed by atoms with E-state index in [-0.39, 0.29) is 33.5 Å². The highest BCUT2D eigenvalue weighted by atomic mass is 79.9. The van der Waals surface area contributed by atoms with E-state index in [0.29, 0.717) is 21.5 Å². The second-order valence-corrected chi connectivity index (χ2v) is 13.9. The largest absolute Gasteiger partial charge is 0.452 e. The Hall–Kier alpha value is -1.91. The number of hydrogen-bond donors (Lipinski definition) is 2. The van der Waals surface area contributed by atoms with Crippen LogP contribution < -0.4 is 10.0 Å². The first-order valence-corrected chi connectivity index (χ1v) is 14.2. The Morgan fingerprint density at radius 1 is 1.03 bits per heavy atom. The first-order valence-electron chi connectivity index (χ1n) is 11.1. The topological polar surface area (TPSA) is 102 Å². The van der Waals surface area contributed by atoms with Gasteiger partial charge in [-0.25, -0.2) is 13.2 Å². The molecular weight excluding hydrogens is 528 g/mol. The fourth-order valence-corrected chi connectivity index (χ4v) is 9.28. The molecule has 4 aliphatic rings. The lowest BCUT2D eigenvalue weighted by molar-refractivity contribution is -0.130. The molecule has 0 atom stereocenters. The van der Waals surface area contributed by atoms with Crippen molar-refractivity contribution in [3.8, 4) is 0 Å². The molecule has 0 radical (unpaired) electrons. The first-order chi connectivity index (χ1) is 15.7. The van der Waals surface area contributed by atoms with Gasteiger partial charge in [-0.3, -0.25) is 9.52 Å². The highest BCUT2D eigenvalue weighted by molar-refractivity contribution is 9.11. The molecule has 2 aromatic rings. The van der Waals surface area contributed by atoms with Crippen LogP contribution in [0.5, 0.6) is 0 Å². The maximum Gasteiger partial charge on any atom is 0.340 e. The lowest BCUT2D eigenvalue weighted by Crippen LogP contribution is -2.60. The van der Waals surface area contributed by atoms with Crippen molar-refractivity contribution in [2.75, 3.05) is 11.3 Å². The molecule has 4 aliphatic carbocycles. The van der Waals surface area contributed by atoms with Crippen LogP contribution >= 0.6 is 27.3 Å². The number of amides is 1. The number of halogens is 1. The van der Waals surface area contributed by atoms with Crippen molar-refractivity contribution in [1.82, 2.24) is 5.32 Å². The zero-order valence-electron chi connectivity index (χ0n) is 17.9. The summed E-state index contributed by atoms with van der Waals surface area (Å²) in [6, 6.07) is 9.33. The van der Waals surface area contributed by atoms with Crippen LogP contribution in [-0.2, 0) is 19.6 Å². The molecule has 6 rings (SSSR count). The van der Waals surface area contributed by atoms with E-state index in [1.54, 1.807) is 18.2 Å². The molecule has 0 spiro atoms. The summed E-state index contributed by atoms with van der Waals surface area (Å²) in [5.74, 6) is 1.04. The predicted octanol–water partition coefficient (Wildman–Crippen LogP) is 4.55. The Bertz CT molecular complexity index is 1160. The van der Waals surface area contributed by atoms with E-state index < -0.39 is 16.0 Å². The van der Waals surface area contributed by atoms with Crippen molar-refractivity contribution < 1.29 is 22.7 Å². The van der Waals surface area contributed by atoms with Gasteiger partial charge in [0.05, 0.1) is 15.0 Å². The summed E-state index contributed by atoms with van der Waals surface area (Å²) in [6.45, 7) is -0.389. The van der Waals surface area contributed by atoms with Gasteiger partial charge < -0.3 is 10.1 Å². The van der Waals surface area contributed by atoms with Gasteiger partial charge in [0.25, 0.3) is 15.9 Å². The number of nitrogens with one attached hydrogen (secondary N) is 2. The molecule has 0 aliphatic heterocycles. The third-order valence-electron chi connectivity index (χ3n) is 6.98. The number of sulfonamides is 1. The molecule has 176 valence electrons. The summed E-state index contributed by atoms with van der Waals surface area (Å²) in [5, 5.41) is 3.18. The Kier molecular flexibility index (Phi) is 6.03. The van der Waals surface area contributed by atoms with Gasteiger partial charge in [-0.15, -0.1) is 11.3 Å². The van der Waals surface area contributed by atoms with Crippen molar-refractivity contribution in [3.63, 3.8) is 0 Å². The summed E-state index contributed by atoms with van der Waals surface area (Å²) < 4.78 is 33.9. The van der Waals surface area contributed by atoms with Crippen LogP contribution in [0.4, 0.5) is 5.69 Å². The van der Waals surface area contributed by atoms with Crippen molar-refractivity contribution in [2.45, 2.75) is 48.3 Å². The van der Waals surface area contributed by atoms with Crippen molar-refractivity contribution in [3.05, 3.63) is 45.7 Å². The number of anilines is 1. The average Bonchev–Trinajstić information content (AvgIpc) is 3.18. The minimum absolute atomic E-state index is 0.0549. The molecule has 4 saturated carbocycles. The van der Waals surface area contributed by atoms with E-state index in [2.05, 4.69) is 26.0 Å². The van der Waals surface area contributed by atoms with Gasteiger partial charge in [0, 0.05) is 5.54 Å². The van der Waals surface area contributed by atoms with Crippen LogP contribution in [-0.4, -0.2) is 32.4 Å². The molecule has 0 unspecified atom stereocenters. The number of carbonyl (C=O) groups excluding carboxylic acids is 2. The van der Waals surface area contributed by atoms with E-state index in [0.717, 1.165) is 30.6 Å². The average molecular weight is 554 g/mol. The van der Waals surface area contributed by atoms with Crippen molar-refractivity contribution in [2.24, 2.45) is 17.8 Å². The molecule has 10 heteroatoms. The van der Waals surface area contributed by atoms with Crippen LogP contribution in [0.3, 0.4) is 0 Å². The molecular formula is C23H25BrN2O5S2. The number of carbonyl (C=O) groups is 2. The summed E-state index contributed by atoms with van der Waals surface area (Å²) in [4.78, 5) is 25.4. The number of thiophene rings is 1. The zero-order valence-corrected chi connectivity index (χ0v) is 21.1. The lowest BCUT2D eigenvalue weighted by atomic mass is 9.53. The monoisotopic (exact) mass is 552 g/mol. The summed E-state index contributed by atoms with van der Waals surface area (Å²) in [7, 11) is -3.86. The second kappa shape index (κ2) is 8.70. The maximum absolute atomic E-state index is 12.7. The maximum atomic E-state index is 12.7.